The molecule has 1 aromatic heterocycles. The molecule has 1 aliphatic heterocycles. The Morgan fingerprint density at radius 3 is 2.74 bits per heavy atom. The molecule has 3 aromatic rings. The summed E-state index contributed by atoms with van der Waals surface area (Å²) in [4.78, 5) is 18.1. The molecule has 0 spiro atoms. The first-order valence-electron chi connectivity index (χ1n) is 9.79. The Kier molecular flexibility index (Phi) is 6.20. The van der Waals surface area contributed by atoms with E-state index in [0.717, 1.165) is 11.3 Å². The summed E-state index contributed by atoms with van der Waals surface area (Å²) in [5.74, 6) is 1.72. The molecular formula is C22H22ClN5O2S. The van der Waals surface area contributed by atoms with Crippen molar-refractivity contribution >= 4 is 40.9 Å². The first-order valence-corrected chi connectivity index (χ1v) is 11.2. The number of fused-ring (bicyclic) bond motifs is 1. The maximum Gasteiger partial charge on any atom is 0.255 e. The Hall–Kier alpha value is -2.97. The SMILES string of the molecule is CCSc1nc2n(n1)[C@@H](c1ccccc1Cl)C(C(=O)Nc1ccccc1OC)=C(C)N2. The Bertz CT molecular complexity index is 1160. The normalized spacial score (nSPS) is 15.3. The van der Waals surface area contributed by atoms with Crippen LogP contribution in [-0.4, -0.2) is 33.5 Å². The Labute approximate surface area is 189 Å². The zero-order chi connectivity index (χ0) is 22.0. The minimum Gasteiger partial charge on any atom is -0.495 e. The Morgan fingerprint density at radius 1 is 1.26 bits per heavy atom. The quantitative estimate of drug-likeness (QED) is 0.510. The maximum absolute atomic E-state index is 13.5. The van der Waals surface area contributed by atoms with E-state index in [2.05, 4.69) is 20.7 Å². The number of aromatic nitrogens is 3. The molecule has 1 atom stereocenters. The van der Waals surface area contributed by atoms with Gasteiger partial charge in [0, 0.05) is 16.3 Å². The number of nitrogens with one attached hydrogen (secondary N) is 2. The van der Waals surface area contributed by atoms with Crippen molar-refractivity contribution in [1.82, 2.24) is 14.8 Å². The van der Waals surface area contributed by atoms with Gasteiger partial charge < -0.3 is 15.4 Å². The molecule has 31 heavy (non-hydrogen) atoms. The van der Waals surface area contributed by atoms with E-state index in [1.54, 1.807) is 23.9 Å². The van der Waals surface area contributed by atoms with E-state index in [0.29, 0.717) is 38.8 Å². The van der Waals surface area contributed by atoms with Crippen LogP contribution in [0.4, 0.5) is 11.6 Å². The van der Waals surface area contributed by atoms with E-state index >= 15 is 0 Å². The molecule has 1 amide bonds. The number of amides is 1. The van der Waals surface area contributed by atoms with Crippen LogP contribution in [0, 0.1) is 0 Å². The van der Waals surface area contributed by atoms with Crippen LogP contribution >= 0.6 is 23.4 Å². The molecule has 0 saturated carbocycles. The van der Waals surface area contributed by atoms with E-state index in [-0.39, 0.29) is 5.91 Å². The van der Waals surface area contributed by atoms with E-state index in [9.17, 15) is 4.79 Å². The Morgan fingerprint density at radius 2 is 2.00 bits per heavy atom. The molecule has 2 N–H and O–H groups in total. The van der Waals surface area contributed by atoms with Crippen LogP contribution in [0.1, 0.15) is 25.5 Å². The molecule has 0 aliphatic carbocycles. The molecule has 160 valence electrons. The summed E-state index contributed by atoms with van der Waals surface area (Å²) >= 11 is 8.09. The van der Waals surface area contributed by atoms with Gasteiger partial charge in [0.2, 0.25) is 11.1 Å². The number of carbonyl (C=O) groups is 1. The molecule has 4 rings (SSSR count). The molecule has 0 radical (unpaired) electrons. The van der Waals surface area contributed by atoms with Gasteiger partial charge in [0.05, 0.1) is 18.4 Å². The van der Waals surface area contributed by atoms with Crippen molar-refractivity contribution in [2.24, 2.45) is 0 Å². The van der Waals surface area contributed by atoms with Gasteiger partial charge in [-0.25, -0.2) is 4.68 Å². The number of ether oxygens (including phenoxy) is 1. The number of halogens is 1. The highest BCUT2D eigenvalue weighted by atomic mass is 35.5. The summed E-state index contributed by atoms with van der Waals surface area (Å²) < 4.78 is 7.11. The third-order valence-corrected chi connectivity index (χ3v) is 5.97. The first-order chi connectivity index (χ1) is 15.0. The summed E-state index contributed by atoms with van der Waals surface area (Å²) in [6, 6.07) is 14.2. The molecule has 1 aliphatic rings. The molecule has 0 saturated heterocycles. The van der Waals surface area contributed by atoms with Crippen LogP contribution in [-0.2, 0) is 4.79 Å². The molecule has 0 fully saturated rings. The van der Waals surface area contributed by atoms with Crippen molar-refractivity contribution < 1.29 is 9.53 Å². The molecule has 0 bridgehead atoms. The van der Waals surface area contributed by atoms with Gasteiger partial charge in [0.25, 0.3) is 5.91 Å². The highest BCUT2D eigenvalue weighted by Gasteiger charge is 2.35. The van der Waals surface area contributed by atoms with Crippen molar-refractivity contribution in [3.05, 3.63) is 70.4 Å². The van der Waals surface area contributed by atoms with Crippen LogP contribution in [0.5, 0.6) is 5.75 Å². The zero-order valence-electron chi connectivity index (χ0n) is 17.3. The molecule has 0 unspecified atom stereocenters. The second kappa shape index (κ2) is 9.03. The van der Waals surface area contributed by atoms with Gasteiger partial charge in [-0.3, -0.25) is 4.79 Å². The van der Waals surface area contributed by atoms with Gasteiger partial charge in [-0.1, -0.05) is 60.6 Å². The number of allylic oxidation sites excluding steroid dienone is 1. The largest absolute Gasteiger partial charge is 0.495 e. The van der Waals surface area contributed by atoms with Crippen molar-refractivity contribution in [2.45, 2.75) is 25.0 Å². The predicted octanol–water partition coefficient (Wildman–Crippen LogP) is 4.98. The van der Waals surface area contributed by atoms with Crippen molar-refractivity contribution in [3.63, 3.8) is 0 Å². The number of thioether (sulfide) groups is 1. The fraction of sp³-hybridized carbons (Fsp3) is 0.227. The molecule has 2 heterocycles. The standard InChI is InChI=1S/C22H22ClN5O2S/c1-4-31-22-26-21-24-13(2)18(20(29)25-16-11-7-8-12-17(16)30-3)19(28(21)27-22)14-9-5-6-10-15(14)23/h5-12,19H,4H2,1-3H3,(H,25,29)(H,24,26,27)/t19-/m0/s1. The fourth-order valence-corrected chi connectivity index (χ4v) is 4.33. The third-order valence-electron chi connectivity index (χ3n) is 4.91. The highest BCUT2D eigenvalue weighted by Crippen LogP contribution is 2.39. The number of benzene rings is 2. The lowest BCUT2D eigenvalue weighted by atomic mass is 9.95. The summed E-state index contributed by atoms with van der Waals surface area (Å²) in [7, 11) is 1.57. The molecule has 7 nitrogen and oxygen atoms in total. The molecular weight excluding hydrogens is 434 g/mol. The number of hydrogen-bond donors (Lipinski definition) is 2. The van der Waals surface area contributed by atoms with Crippen LogP contribution in [0.25, 0.3) is 0 Å². The third kappa shape index (κ3) is 4.13. The van der Waals surface area contributed by atoms with Gasteiger partial charge >= 0.3 is 0 Å². The van der Waals surface area contributed by atoms with Crippen LogP contribution < -0.4 is 15.4 Å². The summed E-state index contributed by atoms with van der Waals surface area (Å²) in [6.07, 6.45) is 0. The van der Waals surface area contributed by atoms with Crippen molar-refractivity contribution in [2.75, 3.05) is 23.5 Å². The lowest BCUT2D eigenvalue weighted by Crippen LogP contribution is -2.31. The minimum atomic E-state index is -0.529. The predicted molar refractivity (Wildman–Crippen MR) is 124 cm³/mol. The number of methoxy groups -OCH3 is 1. The van der Waals surface area contributed by atoms with Gasteiger partial charge in [-0.05, 0) is 30.9 Å². The Balaban J connectivity index is 1.80. The second-order valence-electron chi connectivity index (χ2n) is 6.84. The number of rotatable bonds is 6. The van der Waals surface area contributed by atoms with Gasteiger partial charge in [0.15, 0.2) is 0 Å². The van der Waals surface area contributed by atoms with Gasteiger partial charge in [0.1, 0.15) is 11.8 Å². The lowest BCUT2D eigenvalue weighted by Gasteiger charge is -2.29. The number of anilines is 2. The number of hydrogen-bond acceptors (Lipinski definition) is 6. The van der Waals surface area contributed by atoms with Crippen LogP contribution in [0.3, 0.4) is 0 Å². The van der Waals surface area contributed by atoms with Gasteiger partial charge in [-0.2, -0.15) is 4.98 Å². The highest BCUT2D eigenvalue weighted by molar-refractivity contribution is 7.99. The topological polar surface area (TPSA) is 81.1 Å². The average Bonchev–Trinajstić information content (AvgIpc) is 3.15. The molecule has 9 heteroatoms. The van der Waals surface area contributed by atoms with Crippen molar-refractivity contribution in [3.8, 4) is 5.75 Å². The number of para-hydroxylation sites is 2. The average molecular weight is 456 g/mol. The zero-order valence-corrected chi connectivity index (χ0v) is 18.9. The van der Waals surface area contributed by atoms with Gasteiger partial charge in [-0.15, -0.1) is 5.10 Å². The lowest BCUT2D eigenvalue weighted by molar-refractivity contribution is -0.113. The summed E-state index contributed by atoms with van der Waals surface area (Å²) in [5, 5.41) is 12.0. The summed E-state index contributed by atoms with van der Waals surface area (Å²) in [6.45, 7) is 3.89. The molecule has 2 aromatic carbocycles. The fourth-order valence-electron chi connectivity index (χ4n) is 3.54. The maximum atomic E-state index is 13.5. The van der Waals surface area contributed by atoms with Crippen molar-refractivity contribution in [1.29, 1.82) is 0 Å². The van der Waals surface area contributed by atoms with E-state index in [1.807, 2.05) is 50.2 Å². The first kappa shape index (κ1) is 21.3. The van der Waals surface area contributed by atoms with Crippen LogP contribution in [0.2, 0.25) is 5.02 Å². The second-order valence-corrected chi connectivity index (χ2v) is 8.48. The van der Waals surface area contributed by atoms with E-state index in [1.165, 1.54) is 11.8 Å². The smallest absolute Gasteiger partial charge is 0.255 e. The van der Waals surface area contributed by atoms with E-state index < -0.39 is 6.04 Å². The summed E-state index contributed by atoms with van der Waals surface area (Å²) in [5.41, 5.74) is 2.55. The van der Waals surface area contributed by atoms with E-state index in [4.69, 9.17) is 16.3 Å². The number of carbonyl (C=O) groups excluding carboxylic acids is 1. The van der Waals surface area contributed by atoms with Crippen LogP contribution in [0.15, 0.2) is 65.0 Å². The minimum absolute atomic E-state index is 0.273. The monoisotopic (exact) mass is 455 g/mol. The number of nitrogens with zero attached hydrogens (tertiary/aromatic N) is 3.